The first-order chi connectivity index (χ1) is 34.2. The van der Waals surface area contributed by atoms with Crippen LogP contribution in [0.25, 0.3) is 22.3 Å². The number of aliphatic hydroxyl groups is 2. The number of aryl methyl sites for hydroxylation is 4. The average Bonchev–Trinajstić information content (AvgIpc) is 4.22. The van der Waals surface area contributed by atoms with E-state index < -0.39 is 24.3 Å². The van der Waals surface area contributed by atoms with Crippen LogP contribution in [-0.4, -0.2) is 125 Å². The summed E-state index contributed by atoms with van der Waals surface area (Å²) in [5.41, 5.74) is 7.09. The van der Waals surface area contributed by atoms with Crippen molar-refractivity contribution in [1.29, 1.82) is 0 Å². The second-order valence-corrected chi connectivity index (χ2v) is 19.5. The first kappa shape index (κ1) is 45.5. The van der Waals surface area contributed by atoms with E-state index in [1.54, 1.807) is 17.3 Å². The normalized spacial score (nSPS) is 23.7. The molecule has 22 nitrogen and oxygen atoms in total. The number of hydrogen-bond acceptors (Lipinski definition) is 16. The first-order valence-electron chi connectivity index (χ1n) is 25.0. The minimum absolute atomic E-state index is 0.116. The van der Waals surface area contributed by atoms with Gasteiger partial charge in [-0.25, -0.2) is 19.9 Å². The highest BCUT2D eigenvalue weighted by molar-refractivity contribution is 5.85. The van der Waals surface area contributed by atoms with Crippen LogP contribution in [0.5, 0.6) is 0 Å². The number of fused-ring (bicyclic) bond motifs is 2. The van der Waals surface area contributed by atoms with E-state index in [4.69, 9.17) is 35.0 Å². The fourth-order valence-corrected chi connectivity index (χ4v) is 10.7. The van der Waals surface area contributed by atoms with Crippen molar-refractivity contribution in [2.75, 3.05) is 34.4 Å². The van der Waals surface area contributed by atoms with Crippen LogP contribution in [-0.2, 0) is 39.8 Å². The molecule has 0 aliphatic heterocycles. The molecule has 0 amide bonds. The summed E-state index contributed by atoms with van der Waals surface area (Å²) in [7, 11) is 3.94. The predicted octanol–water partition coefficient (Wildman–Crippen LogP) is 4.97. The molecule has 3 saturated carbocycles. The topological polar surface area (TPSA) is 247 Å². The molecule has 6 atom stereocenters. The van der Waals surface area contributed by atoms with Gasteiger partial charge in [-0.15, -0.1) is 0 Å². The fraction of sp³-hybridized carbons (Fsp3) is 0.542. The van der Waals surface area contributed by atoms with Crippen molar-refractivity contribution in [1.82, 2.24) is 77.7 Å². The number of aromatic nitrogens is 16. The Bertz CT molecular complexity index is 3040. The first-order valence-corrected chi connectivity index (χ1v) is 25.0. The van der Waals surface area contributed by atoms with Gasteiger partial charge in [0.15, 0.2) is 34.0 Å². The molecule has 11 rings (SSSR count). The van der Waals surface area contributed by atoms with Crippen molar-refractivity contribution >= 4 is 45.9 Å². The summed E-state index contributed by atoms with van der Waals surface area (Å²) in [6, 6.07) is -0.0214. The third kappa shape index (κ3) is 9.28. The molecule has 3 fully saturated rings. The summed E-state index contributed by atoms with van der Waals surface area (Å²) < 4.78 is 12.0. The summed E-state index contributed by atoms with van der Waals surface area (Å²) >= 11 is 0. The maximum atomic E-state index is 11.5. The number of anilines is 4. The van der Waals surface area contributed by atoms with Crippen LogP contribution in [0, 0.1) is 0 Å². The molecule has 22 heteroatoms. The van der Waals surface area contributed by atoms with Crippen LogP contribution in [0.15, 0.2) is 62.5 Å². The van der Waals surface area contributed by atoms with Crippen LogP contribution in [0.4, 0.5) is 23.5 Å². The maximum Gasteiger partial charge on any atom is 0.226 e. The summed E-state index contributed by atoms with van der Waals surface area (Å²) in [6.45, 7) is 5.45. The molecule has 368 valence electrons. The highest BCUT2D eigenvalue weighted by atomic mass is 16.3. The largest absolute Gasteiger partial charge is 0.388 e. The molecule has 6 N–H and O–H groups in total. The third-order valence-electron chi connectivity index (χ3n) is 14.7. The smallest absolute Gasteiger partial charge is 0.226 e. The van der Waals surface area contributed by atoms with Gasteiger partial charge in [0.05, 0.1) is 67.2 Å². The van der Waals surface area contributed by atoms with Gasteiger partial charge in [-0.1, -0.05) is 13.8 Å². The highest BCUT2D eigenvalue weighted by Crippen LogP contribution is 2.42. The molecular weight excluding hydrogens is 889 g/mol. The van der Waals surface area contributed by atoms with E-state index in [1.165, 1.54) is 5.56 Å². The van der Waals surface area contributed by atoms with Gasteiger partial charge in [0, 0.05) is 82.9 Å². The number of rotatable bonds is 18. The quantitative estimate of drug-likeness (QED) is 0.0665. The highest BCUT2D eigenvalue weighted by Gasteiger charge is 2.45. The van der Waals surface area contributed by atoms with Gasteiger partial charge in [0.1, 0.15) is 12.2 Å². The Labute approximate surface area is 405 Å². The zero-order chi connectivity index (χ0) is 47.9. The third-order valence-corrected chi connectivity index (χ3v) is 14.7. The van der Waals surface area contributed by atoms with E-state index in [1.807, 2.05) is 71.4 Å². The summed E-state index contributed by atoms with van der Waals surface area (Å²) in [6.07, 6.45) is 27.4. The van der Waals surface area contributed by atoms with Gasteiger partial charge in [0.2, 0.25) is 11.9 Å². The molecule has 0 bridgehead atoms. The lowest BCUT2D eigenvalue weighted by Crippen LogP contribution is -2.33. The van der Waals surface area contributed by atoms with Crippen LogP contribution in [0.3, 0.4) is 0 Å². The minimum atomic E-state index is -1.05. The van der Waals surface area contributed by atoms with Gasteiger partial charge >= 0.3 is 0 Å². The van der Waals surface area contributed by atoms with E-state index in [0.29, 0.717) is 60.9 Å². The summed E-state index contributed by atoms with van der Waals surface area (Å²) in [5.74, 6) is 2.38. The monoisotopic (exact) mass is 953 g/mol. The Hall–Kier alpha value is -6.94. The molecule has 0 spiro atoms. The lowest BCUT2D eigenvalue weighted by atomic mass is 9.91. The van der Waals surface area contributed by atoms with Crippen LogP contribution < -0.4 is 21.3 Å². The lowest BCUT2D eigenvalue weighted by molar-refractivity contribution is 0.00721. The van der Waals surface area contributed by atoms with Crippen LogP contribution in [0.1, 0.15) is 112 Å². The number of imidazole rings is 4. The molecule has 0 saturated heterocycles. The molecule has 0 unspecified atom stereocenters. The second kappa shape index (κ2) is 19.5. The summed E-state index contributed by atoms with van der Waals surface area (Å²) in [5, 5.41) is 46.5. The van der Waals surface area contributed by atoms with Crippen LogP contribution >= 0.6 is 0 Å². The van der Waals surface area contributed by atoms with Crippen LogP contribution in [0.2, 0.25) is 0 Å². The van der Waals surface area contributed by atoms with E-state index in [9.17, 15) is 10.2 Å². The van der Waals surface area contributed by atoms with Crippen molar-refractivity contribution in [2.24, 2.45) is 14.1 Å². The van der Waals surface area contributed by atoms with Crippen molar-refractivity contribution in [3.63, 3.8) is 0 Å². The van der Waals surface area contributed by atoms with Gasteiger partial charge in [-0.05, 0) is 75.3 Å². The number of hydrogen-bond donors (Lipinski definition) is 6. The van der Waals surface area contributed by atoms with Gasteiger partial charge in [-0.2, -0.15) is 30.1 Å². The molecule has 0 aromatic carbocycles. The minimum Gasteiger partial charge on any atom is -0.388 e. The molecule has 8 heterocycles. The number of aliphatic hydroxyl groups excluding tert-OH is 2. The molecule has 3 aliphatic carbocycles. The Morgan fingerprint density at radius 3 is 1.61 bits per heavy atom. The second-order valence-electron chi connectivity index (χ2n) is 19.5. The lowest BCUT2D eigenvalue weighted by Gasteiger charge is -2.30. The average molecular weight is 953 g/mol. The zero-order valence-corrected chi connectivity index (χ0v) is 40.3. The van der Waals surface area contributed by atoms with Crippen molar-refractivity contribution < 1.29 is 10.2 Å². The van der Waals surface area contributed by atoms with E-state index in [-0.39, 0.29) is 18.1 Å². The SMILES string of the molecule is CCc1cnn([C@@H]2CC[C@H](n3cnc4c(NC5CCC(Nc6nc(NCCc7cn(C)cn7)nc7c6ncn7[C@@H]6C[C@H](n7cc(CC)cn7)[C@@H](O)[C@H]6O)CC5)nc(NCCc5cn(C)cn5)nc43)C2)c1. The maximum absolute atomic E-state index is 11.5. The van der Waals surface area contributed by atoms with Gasteiger partial charge in [-0.3, -0.25) is 9.36 Å². The molecular formula is C48H64N20O2. The molecule has 3 aliphatic rings. The molecule has 0 radical (unpaired) electrons. The van der Waals surface area contributed by atoms with Gasteiger partial charge < -0.3 is 49.7 Å². The van der Waals surface area contributed by atoms with E-state index >= 15 is 0 Å². The van der Waals surface area contributed by atoms with E-state index in [0.717, 1.165) is 98.1 Å². The molecule has 70 heavy (non-hydrogen) atoms. The fourth-order valence-electron chi connectivity index (χ4n) is 10.7. The van der Waals surface area contributed by atoms with Crippen molar-refractivity contribution in [3.8, 4) is 0 Å². The Balaban J connectivity index is 0.809. The van der Waals surface area contributed by atoms with Crippen molar-refractivity contribution in [3.05, 3.63) is 85.0 Å². The number of nitrogens with one attached hydrogen (secondary N) is 4. The Kier molecular flexibility index (Phi) is 12.6. The standard InChI is InChI=1S/C48H64N20O2/c1-5-29-19-55-67(21-29)36-12-11-35(17-36)65-27-53-39-43(59-47(61-45(39)65)49-15-13-33-23-63(3)25-51-33)57-31-7-9-32(10-8-31)58-44-40-46(62-48(60-44)50-16-14-34-24-64(4)26-52-34)66(28-54-40)37-18-38(42(70)41(37)69)68-22-30(6-2)20-56-68/h19-28,31-32,35-38,41-42,69-70H,5-18H2,1-4H3,(H2,49,57,59,61)(H2,50,58,60,62)/t31?,32?,35-,36+,37+,38-,41-,42+/m0/s1. The Morgan fingerprint density at radius 1 is 0.557 bits per heavy atom. The Morgan fingerprint density at radius 2 is 1.07 bits per heavy atom. The summed E-state index contributed by atoms with van der Waals surface area (Å²) in [4.78, 5) is 38.9. The van der Waals surface area contributed by atoms with E-state index in [2.05, 4.69) is 65.6 Å². The zero-order valence-electron chi connectivity index (χ0n) is 40.3. The molecule has 8 aromatic rings. The number of nitrogens with zero attached hydrogens (tertiary/aromatic N) is 16. The molecule has 8 aromatic heterocycles. The van der Waals surface area contributed by atoms with Gasteiger partial charge in [0.25, 0.3) is 0 Å². The predicted molar refractivity (Wildman–Crippen MR) is 265 cm³/mol. The van der Waals surface area contributed by atoms with Crippen molar-refractivity contribution in [2.45, 2.75) is 139 Å².